The Bertz CT molecular complexity index is 635. The van der Waals surface area contributed by atoms with Crippen LogP contribution in [0.15, 0.2) is 6.20 Å². The normalized spacial score (nSPS) is 26.7. The zero-order valence-electron chi connectivity index (χ0n) is 14.5. The summed E-state index contributed by atoms with van der Waals surface area (Å²) in [7, 11) is 1.53. The highest BCUT2D eigenvalue weighted by Crippen LogP contribution is 2.37. The molecule has 26 heavy (non-hydrogen) atoms. The molecular weight excluding hydrogens is 355 g/mol. The molecule has 1 aromatic rings. The van der Waals surface area contributed by atoms with E-state index in [1.165, 1.54) is 17.9 Å². The Hall–Kier alpha value is -1.81. The molecule has 2 atom stereocenters. The van der Waals surface area contributed by atoms with Crippen LogP contribution in [0, 0.1) is 0 Å². The van der Waals surface area contributed by atoms with Crippen LogP contribution >= 0.6 is 0 Å². The SMILES string of the molecule is Cn1cc(NC(=O)C2(C3CCCCO3)CCCO2)c(OCC(F)(F)F)n1. The van der Waals surface area contributed by atoms with E-state index >= 15 is 0 Å². The van der Waals surface area contributed by atoms with Crippen molar-refractivity contribution in [1.82, 2.24) is 9.78 Å². The first-order valence-electron chi connectivity index (χ1n) is 8.60. The number of carbonyl (C=O) groups excluding carboxylic acids is 1. The van der Waals surface area contributed by atoms with E-state index in [0.29, 0.717) is 26.1 Å². The minimum absolute atomic E-state index is 0.0763. The number of ether oxygens (including phenoxy) is 3. The number of alkyl halides is 3. The van der Waals surface area contributed by atoms with Crippen LogP contribution in [0.3, 0.4) is 0 Å². The number of rotatable bonds is 5. The summed E-state index contributed by atoms with van der Waals surface area (Å²) >= 11 is 0. The quantitative estimate of drug-likeness (QED) is 0.853. The van der Waals surface area contributed by atoms with Gasteiger partial charge in [0.15, 0.2) is 12.2 Å². The fourth-order valence-corrected chi connectivity index (χ4v) is 3.39. The Labute approximate surface area is 148 Å². The molecule has 3 heterocycles. The highest BCUT2D eigenvalue weighted by molar-refractivity contribution is 5.98. The van der Waals surface area contributed by atoms with E-state index in [1.807, 2.05) is 0 Å². The second kappa shape index (κ2) is 7.43. The van der Waals surface area contributed by atoms with Gasteiger partial charge in [0.2, 0.25) is 0 Å². The van der Waals surface area contributed by atoms with Crippen LogP contribution in [-0.4, -0.2) is 53.4 Å². The predicted octanol–water partition coefficient (Wildman–Crippen LogP) is 2.42. The lowest BCUT2D eigenvalue weighted by Crippen LogP contribution is -2.54. The average molecular weight is 377 g/mol. The third-order valence-corrected chi connectivity index (χ3v) is 4.55. The van der Waals surface area contributed by atoms with Gasteiger partial charge in [0.1, 0.15) is 5.69 Å². The van der Waals surface area contributed by atoms with Crippen LogP contribution in [0.2, 0.25) is 0 Å². The van der Waals surface area contributed by atoms with Gasteiger partial charge < -0.3 is 19.5 Å². The largest absolute Gasteiger partial charge is 0.465 e. The number of nitrogens with zero attached hydrogens (tertiary/aromatic N) is 2. The van der Waals surface area contributed by atoms with Crippen LogP contribution < -0.4 is 10.1 Å². The molecule has 1 amide bonds. The van der Waals surface area contributed by atoms with E-state index in [2.05, 4.69) is 10.4 Å². The molecule has 2 aliphatic heterocycles. The molecule has 2 fully saturated rings. The minimum Gasteiger partial charge on any atom is -0.465 e. The molecule has 2 aliphatic rings. The average Bonchev–Trinajstić information content (AvgIpc) is 3.21. The molecule has 1 N–H and O–H groups in total. The van der Waals surface area contributed by atoms with Crippen LogP contribution in [0.4, 0.5) is 18.9 Å². The van der Waals surface area contributed by atoms with E-state index in [-0.39, 0.29) is 17.7 Å². The second-order valence-electron chi connectivity index (χ2n) is 6.58. The number of amides is 1. The van der Waals surface area contributed by atoms with Gasteiger partial charge in [-0.3, -0.25) is 9.48 Å². The summed E-state index contributed by atoms with van der Waals surface area (Å²) in [4.78, 5) is 13.0. The van der Waals surface area contributed by atoms with Gasteiger partial charge >= 0.3 is 6.18 Å². The molecule has 146 valence electrons. The van der Waals surface area contributed by atoms with Crippen molar-refractivity contribution < 1.29 is 32.2 Å². The van der Waals surface area contributed by atoms with E-state index in [0.717, 1.165) is 19.3 Å². The van der Waals surface area contributed by atoms with Gasteiger partial charge in [0.05, 0.1) is 12.3 Å². The van der Waals surface area contributed by atoms with Gasteiger partial charge in [0.25, 0.3) is 11.8 Å². The van der Waals surface area contributed by atoms with Gasteiger partial charge in [-0.25, -0.2) is 0 Å². The standard InChI is InChI=1S/C16H22F3N3O4/c1-22-9-11(13(21-22)25-10-16(17,18)19)20-14(23)15(6-4-8-26-15)12-5-2-3-7-24-12/h9,12H,2-8,10H2,1H3,(H,20,23). The maximum absolute atomic E-state index is 13.0. The van der Waals surface area contributed by atoms with Crippen molar-refractivity contribution in [2.75, 3.05) is 25.1 Å². The Morgan fingerprint density at radius 2 is 2.23 bits per heavy atom. The molecule has 0 aliphatic carbocycles. The monoisotopic (exact) mass is 377 g/mol. The first-order valence-corrected chi connectivity index (χ1v) is 8.60. The Morgan fingerprint density at radius 1 is 1.42 bits per heavy atom. The van der Waals surface area contributed by atoms with E-state index in [1.54, 1.807) is 0 Å². The van der Waals surface area contributed by atoms with E-state index < -0.39 is 24.3 Å². The zero-order valence-corrected chi connectivity index (χ0v) is 14.5. The summed E-state index contributed by atoms with van der Waals surface area (Å²) in [5, 5.41) is 6.46. The van der Waals surface area contributed by atoms with E-state index in [4.69, 9.17) is 14.2 Å². The number of anilines is 1. The molecule has 0 saturated carbocycles. The number of aromatic nitrogens is 2. The van der Waals surface area contributed by atoms with Crippen LogP contribution in [0.5, 0.6) is 5.88 Å². The summed E-state index contributed by atoms with van der Waals surface area (Å²) < 4.78 is 54.8. The highest BCUT2D eigenvalue weighted by atomic mass is 19.4. The lowest BCUT2D eigenvalue weighted by atomic mass is 9.87. The topological polar surface area (TPSA) is 74.6 Å². The van der Waals surface area contributed by atoms with Gasteiger partial charge in [-0.2, -0.15) is 13.2 Å². The fraction of sp³-hybridized carbons (Fsp3) is 0.750. The first-order chi connectivity index (χ1) is 12.3. The van der Waals surface area contributed by atoms with Crippen molar-refractivity contribution in [2.24, 2.45) is 7.05 Å². The van der Waals surface area contributed by atoms with Crippen LogP contribution in [0.25, 0.3) is 0 Å². The van der Waals surface area contributed by atoms with Gasteiger partial charge in [-0.05, 0) is 32.1 Å². The van der Waals surface area contributed by atoms with Gasteiger partial charge in [-0.15, -0.1) is 5.10 Å². The Morgan fingerprint density at radius 3 is 2.85 bits per heavy atom. The predicted molar refractivity (Wildman–Crippen MR) is 84.9 cm³/mol. The smallest absolute Gasteiger partial charge is 0.422 e. The fourth-order valence-electron chi connectivity index (χ4n) is 3.39. The number of carbonyl (C=O) groups is 1. The maximum atomic E-state index is 13.0. The Balaban J connectivity index is 1.75. The lowest BCUT2D eigenvalue weighted by Gasteiger charge is -2.37. The number of halogens is 3. The number of nitrogens with one attached hydrogen (secondary N) is 1. The van der Waals surface area contributed by atoms with Crippen molar-refractivity contribution in [1.29, 1.82) is 0 Å². The lowest BCUT2D eigenvalue weighted by molar-refractivity contribution is -0.162. The zero-order chi connectivity index (χ0) is 18.8. The molecule has 0 radical (unpaired) electrons. The first kappa shape index (κ1) is 19.0. The van der Waals surface area contributed by atoms with Crippen molar-refractivity contribution >= 4 is 11.6 Å². The summed E-state index contributed by atoms with van der Waals surface area (Å²) in [6.45, 7) is -0.478. The van der Waals surface area contributed by atoms with Crippen molar-refractivity contribution in [3.8, 4) is 5.88 Å². The number of hydrogen-bond donors (Lipinski definition) is 1. The number of aryl methyl sites for hydroxylation is 1. The van der Waals surface area contributed by atoms with Crippen LogP contribution in [-0.2, 0) is 21.3 Å². The third kappa shape index (κ3) is 4.12. The van der Waals surface area contributed by atoms with Crippen molar-refractivity contribution in [3.63, 3.8) is 0 Å². The minimum atomic E-state index is -4.50. The molecule has 2 saturated heterocycles. The Kier molecular flexibility index (Phi) is 5.42. The molecule has 0 bridgehead atoms. The molecule has 7 nitrogen and oxygen atoms in total. The van der Waals surface area contributed by atoms with E-state index in [9.17, 15) is 18.0 Å². The van der Waals surface area contributed by atoms with Crippen molar-refractivity contribution in [2.45, 2.75) is 50.0 Å². The summed E-state index contributed by atoms with van der Waals surface area (Å²) in [5.74, 6) is -0.720. The molecule has 2 unspecified atom stereocenters. The summed E-state index contributed by atoms with van der Waals surface area (Å²) in [6.07, 6.45) is 0.341. The van der Waals surface area contributed by atoms with Gasteiger partial charge in [-0.1, -0.05) is 0 Å². The maximum Gasteiger partial charge on any atom is 0.422 e. The number of hydrogen-bond acceptors (Lipinski definition) is 5. The highest BCUT2D eigenvalue weighted by Gasteiger charge is 2.50. The molecule has 0 spiro atoms. The molecular formula is C16H22F3N3O4. The second-order valence-corrected chi connectivity index (χ2v) is 6.58. The van der Waals surface area contributed by atoms with Crippen molar-refractivity contribution in [3.05, 3.63) is 6.20 Å². The summed E-state index contributed by atoms with van der Waals surface area (Å²) in [6, 6.07) is 0. The molecule has 3 rings (SSSR count). The molecule has 0 aromatic carbocycles. The van der Waals surface area contributed by atoms with Crippen LogP contribution in [0.1, 0.15) is 32.1 Å². The third-order valence-electron chi connectivity index (χ3n) is 4.55. The molecule has 1 aromatic heterocycles. The summed E-state index contributed by atoms with van der Waals surface area (Å²) in [5.41, 5.74) is -1.05. The molecule has 10 heteroatoms. The van der Waals surface area contributed by atoms with Gasteiger partial charge in [0, 0.05) is 20.3 Å².